The Morgan fingerprint density at radius 2 is 1.73 bits per heavy atom. The lowest BCUT2D eigenvalue weighted by atomic mass is 10.1. The molecule has 0 unspecified atom stereocenters. The van der Waals surface area contributed by atoms with E-state index in [1.165, 1.54) is 0 Å². The summed E-state index contributed by atoms with van der Waals surface area (Å²) in [6, 6.07) is 3.95. The SMILES string of the molecule is C[C@@H](NS(=O)(=O)c1ccc(F)c(C(=O)Nc2ccc(C(F)(F)F)c(F)c2)c1)C1CC1. The first-order valence-electron chi connectivity index (χ1n) is 8.88. The Morgan fingerprint density at radius 1 is 1.07 bits per heavy atom. The predicted molar refractivity (Wildman–Crippen MR) is 98.3 cm³/mol. The summed E-state index contributed by atoms with van der Waals surface area (Å²) in [7, 11) is -4.02. The molecular formula is C19H17F5N2O3S. The highest BCUT2D eigenvalue weighted by Crippen LogP contribution is 2.34. The largest absolute Gasteiger partial charge is 0.419 e. The van der Waals surface area contributed by atoms with Crippen LogP contribution in [0.4, 0.5) is 27.6 Å². The topological polar surface area (TPSA) is 75.3 Å². The van der Waals surface area contributed by atoms with E-state index < -0.39 is 44.9 Å². The fraction of sp³-hybridized carbons (Fsp3) is 0.316. The van der Waals surface area contributed by atoms with E-state index in [0.29, 0.717) is 12.1 Å². The molecule has 2 aromatic rings. The molecule has 1 atom stereocenters. The molecule has 2 aromatic carbocycles. The number of hydrogen-bond acceptors (Lipinski definition) is 3. The first-order valence-corrected chi connectivity index (χ1v) is 10.4. The maximum absolute atomic E-state index is 14.1. The second-order valence-corrected chi connectivity index (χ2v) is 8.75. The van der Waals surface area contributed by atoms with Crippen LogP contribution in [0.3, 0.4) is 0 Å². The lowest BCUT2D eigenvalue weighted by Gasteiger charge is -2.14. The van der Waals surface area contributed by atoms with Gasteiger partial charge in [0.2, 0.25) is 10.0 Å². The van der Waals surface area contributed by atoms with Crippen LogP contribution in [0.1, 0.15) is 35.7 Å². The normalized spacial score (nSPS) is 15.7. The van der Waals surface area contributed by atoms with Crippen LogP contribution < -0.4 is 10.0 Å². The van der Waals surface area contributed by atoms with Crippen LogP contribution in [0.2, 0.25) is 0 Å². The van der Waals surface area contributed by atoms with Crippen molar-refractivity contribution in [1.82, 2.24) is 4.72 Å². The van der Waals surface area contributed by atoms with Gasteiger partial charge in [-0.1, -0.05) is 0 Å². The molecule has 162 valence electrons. The molecule has 11 heteroatoms. The van der Waals surface area contributed by atoms with E-state index in [1.54, 1.807) is 6.92 Å². The van der Waals surface area contributed by atoms with Crippen molar-refractivity contribution in [2.24, 2.45) is 5.92 Å². The molecule has 1 saturated carbocycles. The van der Waals surface area contributed by atoms with Gasteiger partial charge in [0.05, 0.1) is 16.0 Å². The Labute approximate surface area is 169 Å². The molecule has 2 N–H and O–H groups in total. The van der Waals surface area contributed by atoms with Gasteiger partial charge in [0.1, 0.15) is 11.6 Å². The van der Waals surface area contributed by atoms with Crippen molar-refractivity contribution in [3.05, 3.63) is 59.2 Å². The smallest absolute Gasteiger partial charge is 0.322 e. The summed E-state index contributed by atoms with van der Waals surface area (Å²) in [5.41, 5.74) is -2.52. The van der Waals surface area contributed by atoms with E-state index in [1.807, 2.05) is 0 Å². The third kappa shape index (κ3) is 4.96. The first-order chi connectivity index (χ1) is 13.9. The Hall–Kier alpha value is -2.53. The van der Waals surface area contributed by atoms with Gasteiger partial charge in [-0.3, -0.25) is 4.79 Å². The molecule has 1 amide bonds. The van der Waals surface area contributed by atoms with E-state index in [4.69, 9.17) is 0 Å². The quantitative estimate of drug-likeness (QED) is 0.647. The third-order valence-corrected chi connectivity index (χ3v) is 6.25. The highest BCUT2D eigenvalue weighted by atomic mass is 32.2. The highest BCUT2D eigenvalue weighted by molar-refractivity contribution is 7.89. The van der Waals surface area contributed by atoms with Gasteiger partial charge in [-0.2, -0.15) is 13.2 Å². The number of hydrogen-bond donors (Lipinski definition) is 2. The van der Waals surface area contributed by atoms with Gasteiger partial charge in [0, 0.05) is 11.7 Å². The summed E-state index contributed by atoms with van der Waals surface area (Å²) in [5, 5.41) is 2.06. The fourth-order valence-electron chi connectivity index (χ4n) is 2.87. The molecular weight excluding hydrogens is 431 g/mol. The predicted octanol–water partition coefficient (Wildman–Crippen LogP) is 4.31. The summed E-state index contributed by atoms with van der Waals surface area (Å²) >= 11 is 0. The Morgan fingerprint density at radius 3 is 2.30 bits per heavy atom. The summed E-state index contributed by atoms with van der Waals surface area (Å²) in [4.78, 5) is 12.0. The monoisotopic (exact) mass is 448 g/mol. The maximum Gasteiger partial charge on any atom is 0.419 e. The number of alkyl halides is 3. The van der Waals surface area contributed by atoms with Crippen molar-refractivity contribution in [3.63, 3.8) is 0 Å². The van der Waals surface area contributed by atoms with Crippen LogP contribution in [0.15, 0.2) is 41.3 Å². The van der Waals surface area contributed by atoms with Gasteiger partial charge >= 0.3 is 6.18 Å². The molecule has 0 heterocycles. The molecule has 0 bridgehead atoms. The van der Waals surface area contributed by atoms with Crippen LogP contribution in [0.5, 0.6) is 0 Å². The lowest BCUT2D eigenvalue weighted by Crippen LogP contribution is -2.34. The molecule has 0 spiro atoms. The summed E-state index contributed by atoms with van der Waals surface area (Å²) in [5.74, 6) is -3.58. The zero-order chi connectivity index (χ0) is 22.3. The van der Waals surface area contributed by atoms with E-state index in [-0.39, 0.29) is 22.5 Å². The second-order valence-electron chi connectivity index (χ2n) is 7.04. The summed E-state index contributed by atoms with van der Waals surface area (Å²) in [6.07, 6.45) is -3.12. The number of anilines is 1. The van der Waals surface area contributed by atoms with Crippen molar-refractivity contribution < 1.29 is 35.2 Å². The lowest BCUT2D eigenvalue weighted by molar-refractivity contribution is -0.139. The minimum Gasteiger partial charge on any atom is -0.322 e. The van der Waals surface area contributed by atoms with Crippen molar-refractivity contribution in [2.45, 2.75) is 36.9 Å². The number of benzene rings is 2. The Balaban J connectivity index is 1.82. The molecule has 1 aliphatic rings. The van der Waals surface area contributed by atoms with E-state index in [2.05, 4.69) is 10.0 Å². The Bertz CT molecular complexity index is 1080. The minimum atomic E-state index is -4.91. The van der Waals surface area contributed by atoms with Gasteiger partial charge in [-0.15, -0.1) is 0 Å². The molecule has 0 aliphatic heterocycles. The van der Waals surface area contributed by atoms with Crippen LogP contribution in [0.25, 0.3) is 0 Å². The number of amides is 1. The van der Waals surface area contributed by atoms with Gasteiger partial charge in [0.15, 0.2) is 0 Å². The van der Waals surface area contributed by atoms with E-state index in [0.717, 1.165) is 37.1 Å². The Kier molecular flexibility index (Phi) is 5.87. The maximum atomic E-state index is 14.1. The molecule has 3 rings (SSSR count). The van der Waals surface area contributed by atoms with Crippen LogP contribution in [0, 0.1) is 17.6 Å². The van der Waals surface area contributed by atoms with Gasteiger partial charge in [-0.25, -0.2) is 21.9 Å². The fourth-order valence-corrected chi connectivity index (χ4v) is 4.21. The average Bonchev–Trinajstić information content (AvgIpc) is 3.45. The number of sulfonamides is 1. The van der Waals surface area contributed by atoms with E-state index in [9.17, 15) is 35.2 Å². The number of nitrogens with one attached hydrogen (secondary N) is 2. The van der Waals surface area contributed by atoms with Gasteiger partial charge in [0.25, 0.3) is 5.91 Å². The summed E-state index contributed by atoms with van der Waals surface area (Å²) < 4.78 is 93.0. The minimum absolute atomic E-state index is 0.220. The first kappa shape index (κ1) is 22.2. The zero-order valence-corrected chi connectivity index (χ0v) is 16.4. The van der Waals surface area contributed by atoms with Crippen molar-refractivity contribution in [1.29, 1.82) is 0 Å². The van der Waals surface area contributed by atoms with Crippen molar-refractivity contribution >= 4 is 21.6 Å². The number of halogens is 5. The zero-order valence-electron chi connectivity index (χ0n) is 15.6. The molecule has 5 nitrogen and oxygen atoms in total. The van der Waals surface area contributed by atoms with Crippen molar-refractivity contribution in [3.8, 4) is 0 Å². The molecule has 0 radical (unpaired) electrons. The highest BCUT2D eigenvalue weighted by Gasteiger charge is 2.34. The molecule has 1 aliphatic carbocycles. The number of carbonyl (C=O) groups is 1. The third-order valence-electron chi connectivity index (χ3n) is 4.70. The molecule has 30 heavy (non-hydrogen) atoms. The average molecular weight is 448 g/mol. The van der Waals surface area contributed by atoms with Crippen LogP contribution in [-0.2, 0) is 16.2 Å². The van der Waals surface area contributed by atoms with Crippen LogP contribution >= 0.6 is 0 Å². The molecule has 0 saturated heterocycles. The van der Waals surface area contributed by atoms with Crippen molar-refractivity contribution in [2.75, 3.05) is 5.32 Å². The van der Waals surface area contributed by atoms with Gasteiger partial charge < -0.3 is 5.32 Å². The molecule has 1 fully saturated rings. The molecule has 0 aromatic heterocycles. The van der Waals surface area contributed by atoms with Gasteiger partial charge in [-0.05, 0) is 62.1 Å². The number of rotatable bonds is 6. The standard InChI is InChI=1S/C19H17F5N2O3S/c1-10(11-2-3-11)26-30(28,29)13-5-7-16(20)14(9-13)18(27)25-12-4-6-15(17(21)8-12)19(22,23)24/h4-11,26H,2-3H2,1H3,(H,25,27)/t10-/m1/s1. The van der Waals surface area contributed by atoms with Crippen LogP contribution in [-0.4, -0.2) is 20.4 Å². The number of carbonyl (C=O) groups excluding carboxylic acids is 1. The van der Waals surface area contributed by atoms with E-state index >= 15 is 0 Å². The summed E-state index contributed by atoms with van der Waals surface area (Å²) in [6.45, 7) is 1.70. The second kappa shape index (κ2) is 7.95.